The number of unbranched alkanes of at least 4 members (excludes halogenated alkanes) is 1. The molecule has 0 spiro atoms. The molecular weight excluding hydrogens is 238 g/mol. The fourth-order valence-electron chi connectivity index (χ4n) is 1.23. The van der Waals surface area contributed by atoms with Gasteiger partial charge in [-0.3, -0.25) is 0 Å². The summed E-state index contributed by atoms with van der Waals surface area (Å²) < 4.78 is 5.52. The lowest BCUT2D eigenvalue weighted by molar-refractivity contribution is 0.464. The van der Waals surface area contributed by atoms with E-state index in [1.54, 1.807) is 36.4 Å². The van der Waals surface area contributed by atoms with Crippen LogP contribution in [0.4, 0.5) is 5.69 Å². The van der Waals surface area contributed by atoms with Crippen LogP contribution < -0.4 is 10.5 Å². The van der Waals surface area contributed by atoms with Crippen molar-refractivity contribution in [2.45, 2.75) is 26.7 Å². The Morgan fingerprint density at radius 3 is 2.11 bits per heavy atom. The molecule has 0 aliphatic heterocycles. The molecule has 0 saturated heterocycles. The van der Waals surface area contributed by atoms with Gasteiger partial charge >= 0.3 is 0 Å². The molecule has 0 fully saturated rings. The van der Waals surface area contributed by atoms with Gasteiger partial charge in [0.25, 0.3) is 0 Å². The third kappa shape index (κ3) is 5.82. The van der Waals surface area contributed by atoms with Crippen molar-refractivity contribution in [3.8, 4) is 17.2 Å². The molecule has 0 unspecified atom stereocenters. The molecular formula is C16H21NO2. The van der Waals surface area contributed by atoms with Crippen molar-refractivity contribution in [1.29, 1.82) is 0 Å². The molecule has 0 radical (unpaired) electrons. The lowest BCUT2D eigenvalue weighted by Crippen LogP contribution is -1.87. The Balaban J connectivity index is 0.000000399. The third-order valence-electron chi connectivity index (χ3n) is 2.43. The second kappa shape index (κ2) is 8.03. The van der Waals surface area contributed by atoms with E-state index in [0.29, 0.717) is 17.2 Å². The summed E-state index contributed by atoms with van der Waals surface area (Å²) in [6.45, 7) is 4.36. The first-order valence-corrected chi connectivity index (χ1v) is 6.48. The van der Waals surface area contributed by atoms with Crippen molar-refractivity contribution in [2.24, 2.45) is 0 Å². The number of hydrogen-bond acceptors (Lipinski definition) is 3. The lowest BCUT2D eigenvalue weighted by Gasteiger charge is -2.05. The number of aromatic hydroxyl groups is 1. The Morgan fingerprint density at radius 2 is 1.58 bits per heavy atom. The van der Waals surface area contributed by atoms with Crippen LogP contribution in [0, 0.1) is 0 Å². The van der Waals surface area contributed by atoms with Gasteiger partial charge in [0.15, 0.2) is 0 Å². The largest absolute Gasteiger partial charge is 0.508 e. The zero-order valence-corrected chi connectivity index (χ0v) is 11.5. The van der Waals surface area contributed by atoms with Crippen LogP contribution >= 0.6 is 0 Å². The van der Waals surface area contributed by atoms with Crippen LogP contribution in [0.1, 0.15) is 26.7 Å². The molecule has 0 aromatic heterocycles. The van der Waals surface area contributed by atoms with E-state index >= 15 is 0 Å². The molecule has 0 amide bonds. The maximum absolute atomic E-state index is 9.09. The van der Waals surface area contributed by atoms with E-state index in [-0.39, 0.29) is 5.75 Å². The number of rotatable bonds is 3. The fraction of sp³-hybridized carbons (Fsp3) is 0.250. The molecule has 3 heteroatoms. The molecule has 19 heavy (non-hydrogen) atoms. The Kier molecular flexibility index (Phi) is 6.30. The number of phenolic OH excluding ortho intramolecular Hbond substituents is 1. The number of anilines is 1. The van der Waals surface area contributed by atoms with Gasteiger partial charge in [-0.15, -0.1) is 0 Å². The Hall–Kier alpha value is -2.16. The van der Waals surface area contributed by atoms with Crippen LogP contribution in [0.15, 0.2) is 48.5 Å². The van der Waals surface area contributed by atoms with Gasteiger partial charge in [-0.25, -0.2) is 0 Å². The van der Waals surface area contributed by atoms with Gasteiger partial charge in [-0.1, -0.05) is 32.8 Å². The van der Waals surface area contributed by atoms with E-state index in [4.69, 9.17) is 15.6 Å². The number of hydrogen-bond donors (Lipinski definition) is 2. The monoisotopic (exact) mass is 259 g/mol. The summed E-state index contributed by atoms with van der Waals surface area (Å²) in [6.07, 6.45) is 2.64. The fourth-order valence-corrected chi connectivity index (χ4v) is 1.23. The summed E-state index contributed by atoms with van der Waals surface area (Å²) >= 11 is 0. The molecule has 102 valence electrons. The molecule has 2 aromatic carbocycles. The van der Waals surface area contributed by atoms with Crippen molar-refractivity contribution in [2.75, 3.05) is 5.73 Å². The highest BCUT2D eigenvalue weighted by Gasteiger charge is 1.97. The predicted molar refractivity (Wildman–Crippen MR) is 79.6 cm³/mol. The van der Waals surface area contributed by atoms with Crippen molar-refractivity contribution in [1.82, 2.24) is 0 Å². The summed E-state index contributed by atoms with van der Waals surface area (Å²) in [5.41, 5.74) is 6.27. The van der Waals surface area contributed by atoms with Crippen molar-refractivity contribution < 1.29 is 9.84 Å². The lowest BCUT2D eigenvalue weighted by atomic mass is 10.3. The second-order valence-corrected chi connectivity index (χ2v) is 4.17. The van der Waals surface area contributed by atoms with Crippen LogP contribution in [0.25, 0.3) is 0 Å². The quantitative estimate of drug-likeness (QED) is 0.794. The molecule has 3 N–H and O–H groups in total. The minimum Gasteiger partial charge on any atom is -0.508 e. The zero-order chi connectivity index (χ0) is 14.1. The van der Waals surface area contributed by atoms with Gasteiger partial charge in [0.1, 0.15) is 17.2 Å². The highest BCUT2D eigenvalue weighted by molar-refractivity contribution is 5.45. The number of phenols is 1. The number of nitrogens with two attached hydrogens (primary N) is 1. The Bertz CT molecular complexity index is 478. The van der Waals surface area contributed by atoms with E-state index < -0.39 is 0 Å². The van der Waals surface area contributed by atoms with Gasteiger partial charge in [0, 0.05) is 11.8 Å². The highest BCUT2D eigenvalue weighted by atomic mass is 16.5. The summed E-state index contributed by atoms with van der Waals surface area (Å²) in [7, 11) is 0. The van der Waals surface area contributed by atoms with Gasteiger partial charge < -0.3 is 15.6 Å². The van der Waals surface area contributed by atoms with Gasteiger partial charge in [0.05, 0.1) is 0 Å². The zero-order valence-electron chi connectivity index (χ0n) is 11.5. The first kappa shape index (κ1) is 14.9. The maximum Gasteiger partial charge on any atom is 0.129 e. The molecule has 2 rings (SSSR count). The summed E-state index contributed by atoms with van der Waals surface area (Å²) in [6, 6.07) is 13.7. The number of ether oxygens (including phenoxy) is 1. The van der Waals surface area contributed by atoms with Crippen LogP contribution in [-0.4, -0.2) is 5.11 Å². The summed E-state index contributed by atoms with van der Waals surface area (Å²) in [4.78, 5) is 0. The normalized spacial score (nSPS) is 9.37. The third-order valence-corrected chi connectivity index (χ3v) is 2.43. The average Bonchev–Trinajstić information content (AvgIpc) is 2.42. The van der Waals surface area contributed by atoms with E-state index in [9.17, 15) is 0 Å². The molecule has 0 saturated carbocycles. The molecule has 3 nitrogen and oxygen atoms in total. The van der Waals surface area contributed by atoms with E-state index in [1.165, 1.54) is 12.8 Å². The molecule has 0 aliphatic rings. The molecule has 2 aromatic rings. The molecule has 0 aliphatic carbocycles. The Morgan fingerprint density at radius 1 is 0.947 bits per heavy atom. The van der Waals surface area contributed by atoms with Crippen LogP contribution in [0.3, 0.4) is 0 Å². The van der Waals surface area contributed by atoms with Crippen LogP contribution in [-0.2, 0) is 0 Å². The van der Waals surface area contributed by atoms with E-state index in [1.807, 2.05) is 12.1 Å². The molecule has 0 heterocycles. The van der Waals surface area contributed by atoms with Gasteiger partial charge in [0.2, 0.25) is 0 Å². The minimum atomic E-state index is 0.218. The maximum atomic E-state index is 9.09. The van der Waals surface area contributed by atoms with Crippen molar-refractivity contribution in [3.05, 3.63) is 48.5 Å². The van der Waals surface area contributed by atoms with Crippen molar-refractivity contribution >= 4 is 5.69 Å². The predicted octanol–water partition coefficient (Wildman–Crippen LogP) is 4.57. The van der Waals surface area contributed by atoms with Crippen LogP contribution in [0.2, 0.25) is 0 Å². The first-order valence-electron chi connectivity index (χ1n) is 6.48. The van der Waals surface area contributed by atoms with Gasteiger partial charge in [-0.2, -0.15) is 0 Å². The average molecular weight is 259 g/mol. The number of benzene rings is 2. The second-order valence-electron chi connectivity index (χ2n) is 4.17. The minimum absolute atomic E-state index is 0.218. The summed E-state index contributed by atoms with van der Waals surface area (Å²) in [5, 5.41) is 9.09. The van der Waals surface area contributed by atoms with E-state index in [2.05, 4.69) is 13.8 Å². The van der Waals surface area contributed by atoms with Gasteiger partial charge in [-0.05, 0) is 36.4 Å². The standard InChI is InChI=1S/C12H11NO2.C4H10/c13-9-2-1-3-12(8-9)15-11-6-4-10(14)5-7-11;1-3-4-2/h1-8,14H,13H2;3-4H2,1-2H3. The number of nitrogen functional groups attached to an aromatic ring is 1. The smallest absolute Gasteiger partial charge is 0.129 e. The molecule has 0 bridgehead atoms. The highest BCUT2D eigenvalue weighted by Crippen LogP contribution is 2.24. The van der Waals surface area contributed by atoms with E-state index in [0.717, 1.165) is 0 Å². The topological polar surface area (TPSA) is 55.5 Å². The van der Waals surface area contributed by atoms with Crippen molar-refractivity contribution in [3.63, 3.8) is 0 Å². The van der Waals surface area contributed by atoms with Crippen LogP contribution in [0.5, 0.6) is 17.2 Å². The summed E-state index contributed by atoms with van der Waals surface area (Å²) in [5.74, 6) is 1.56. The SMILES string of the molecule is CCCC.Nc1cccc(Oc2ccc(O)cc2)c1. The molecule has 0 atom stereocenters. The first-order chi connectivity index (χ1) is 9.15. The Labute approximate surface area is 114 Å².